The fourth-order valence-electron chi connectivity index (χ4n) is 2.95. The van der Waals surface area contributed by atoms with Gasteiger partial charge in [-0.25, -0.2) is 0 Å². The number of hydrogen-bond acceptors (Lipinski definition) is 3. The van der Waals surface area contributed by atoms with Crippen molar-refractivity contribution in [2.75, 3.05) is 5.75 Å². The van der Waals surface area contributed by atoms with Crippen LogP contribution in [0, 0.1) is 12.8 Å². The predicted molar refractivity (Wildman–Crippen MR) is 88.8 cm³/mol. The molecule has 0 aliphatic heterocycles. The fraction of sp³-hybridized carbons (Fsp3) is 0.750. The normalized spacial score (nSPS) is 22.0. The van der Waals surface area contributed by atoms with E-state index in [0.717, 1.165) is 30.0 Å². The zero-order valence-electron chi connectivity index (χ0n) is 13.6. The molecule has 0 bridgehead atoms. The largest absolute Gasteiger partial charge is 0.348 e. The molecule has 1 fully saturated rings. The molecule has 118 valence electrons. The van der Waals surface area contributed by atoms with E-state index in [2.05, 4.69) is 31.2 Å². The van der Waals surface area contributed by atoms with Crippen molar-refractivity contribution in [3.05, 3.63) is 17.5 Å². The Morgan fingerprint density at radius 1 is 1.52 bits per heavy atom. The fourth-order valence-corrected chi connectivity index (χ4v) is 4.15. The molecule has 0 saturated heterocycles. The Labute approximate surface area is 132 Å². The first kappa shape index (κ1) is 16.4. The SMILES string of the molecule is CCSC1CCCC1NC(=O)c1cnn(CC(C)C)c1C. The van der Waals surface area contributed by atoms with Gasteiger partial charge in [-0.1, -0.05) is 27.2 Å². The molecule has 0 aromatic carbocycles. The van der Waals surface area contributed by atoms with Crippen LogP contribution < -0.4 is 5.32 Å². The second-order valence-electron chi connectivity index (χ2n) is 6.22. The van der Waals surface area contributed by atoms with Gasteiger partial charge < -0.3 is 5.32 Å². The molecule has 1 aliphatic carbocycles. The van der Waals surface area contributed by atoms with Gasteiger partial charge in [0.1, 0.15) is 0 Å². The van der Waals surface area contributed by atoms with E-state index >= 15 is 0 Å². The Morgan fingerprint density at radius 2 is 2.29 bits per heavy atom. The van der Waals surface area contributed by atoms with Crippen LogP contribution in [0.3, 0.4) is 0 Å². The molecule has 2 atom stereocenters. The number of amides is 1. The molecule has 1 saturated carbocycles. The standard InChI is InChI=1S/C16H27N3OS/c1-5-21-15-8-6-7-14(15)18-16(20)13-9-17-19(12(13)4)10-11(2)3/h9,11,14-15H,5-8,10H2,1-4H3,(H,18,20). The molecule has 0 radical (unpaired) electrons. The van der Waals surface area contributed by atoms with E-state index in [1.807, 2.05) is 23.4 Å². The van der Waals surface area contributed by atoms with Crippen LogP contribution in [0.2, 0.25) is 0 Å². The molecule has 1 heterocycles. The summed E-state index contributed by atoms with van der Waals surface area (Å²) in [5.74, 6) is 1.68. The molecule has 1 aromatic rings. The van der Waals surface area contributed by atoms with E-state index < -0.39 is 0 Å². The van der Waals surface area contributed by atoms with Crippen molar-refractivity contribution < 1.29 is 4.79 Å². The lowest BCUT2D eigenvalue weighted by atomic mass is 10.2. The zero-order valence-corrected chi connectivity index (χ0v) is 14.4. The van der Waals surface area contributed by atoms with Crippen molar-refractivity contribution in [2.24, 2.45) is 5.92 Å². The summed E-state index contributed by atoms with van der Waals surface area (Å²) in [4.78, 5) is 12.5. The van der Waals surface area contributed by atoms with Crippen LogP contribution in [-0.2, 0) is 6.54 Å². The Balaban J connectivity index is 2.02. The third-order valence-electron chi connectivity index (χ3n) is 4.04. The third kappa shape index (κ3) is 4.02. The highest BCUT2D eigenvalue weighted by atomic mass is 32.2. The topological polar surface area (TPSA) is 46.9 Å². The summed E-state index contributed by atoms with van der Waals surface area (Å²) in [6.07, 6.45) is 5.25. The average Bonchev–Trinajstić information content (AvgIpc) is 2.98. The number of carbonyl (C=O) groups excluding carboxylic acids is 1. The van der Waals surface area contributed by atoms with Crippen molar-refractivity contribution in [3.63, 3.8) is 0 Å². The average molecular weight is 309 g/mol. The molecular formula is C16H27N3OS. The number of rotatable bonds is 6. The summed E-state index contributed by atoms with van der Waals surface area (Å²) in [6, 6.07) is 0.315. The van der Waals surface area contributed by atoms with E-state index in [1.54, 1.807) is 6.20 Å². The van der Waals surface area contributed by atoms with Gasteiger partial charge in [-0.2, -0.15) is 16.9 Å². The second kappa shape index (κ2) is 7.34. The quantitative estimate of drug-likeness (QED) is 0.877. The van der Waals surface area contributed by atoms with E-state index in [0.29, 0.717) is 17.2 Å². The van der Waals surface area contributed by atoms with Crippen molar-refractivity contribution >= 4 is 17.7 Å². The van der Waals surface area contributed by atoms with E-state index in [9.17, 15) is 4.79 Å². The minimum absolute atomic E-state index is 0.0381. The van der Waals surface area contributed by atoms with Gasteiger partial charge in [0.2, 0.25) is 0 Å². The number of nitrogens with one attached hydrogen (secondary N) is 1. The van der Waals surface area contributed by atoms with Crippen molar-refractivity contribution in [1.29, 1.82) is 0 Å². The molecule has 21 heavy (non-hydrogen) atoms. The highest BCUT2D eigenvalue weighted by Gasteiger charge is 2.29. The zero-order chi connectivity index (χ0) is 15.4. The Bertz CT molecular complexity index is 484. The molecule has 1 N–H and O–H groups in total. The molecule has 1 amide bonds. The van der Waals surface area contributed by atoms with Gasteiger partial charge in [0.25, 0.3) is 5.91 Å². The van der Waals surface area contributed by atoms with Crippen molar-refractivity contribution in [3.8, 4) is 0 Å². The minimum atomic E-state index is 0.0381. The molecule has 1 aliphatic rings. The molecule has 1 aromatic heterocycles. The molecular weight excluding hydrogens is 282 g/mol. The van der Waals surface area contributed by atoms with Crippen LogP contribution in [0.1, 0.15) is 56.1 Å². The van der Waals surface area contributed by atoms with Crippen molar-refractivity contribution in [1.82, 2.24) is 15.1 Å². The summed E-state index contributed by atoms with van der Waals surface area (Å²) in [6.45, 7) is 9.34. The summed E-state index contributed by atoms with van der Waals surface area (Å²) in [5.41, 5.74) is 1.70. The summed E-state index contributed by atoms with van der Waals surface area (Å²) >= 11 is 1.97. The lowest BCUT2D eigenvalue weighted by Gasteiger charge is -2.20. The Hall–Kier alpha value is -0.970. The number of carbonyl (C=O) groups is 1. The van der Waals surface area contributed by atoms with Gasteiger partial charge in [0, 0.05) is 23.5 Å². The van der Waals surface area contributed by atoms with Crippen LogP contribution in [-0.4, -0.2) is 32.7 Å². The lowest BCUT2D eigenvalue weighted by Crippen LogP contribution is -2.39. The monoisotopic (exact) mass is 309 g/mol. The highest BCUT2D eigenvalue weighted by molar-refractivity contribution is 7.99. The molecule has 5 heteroatoms. The molecule has 2 unspecified atom stereocenters. The van der Waals surface area contributed by atoms with Crippen molar-refractivity contribution in [2.45, 2.75) is 64.8 Å². The minimum Gasteiger partial charge on any atom is -0.348 e. The van der Waals surface area contributed by atoms with Crippen LogP contribution in [0.15, 0.2) is 6.20 Å². The van der Waals surface area contributed by atoms with Crippen LogP contribution in [0.25, 0.3) is 0 Å². The first-order chi connectivity index (χ1) is 10.0. The maximum absolute atomic E-state index is 12.5. The summed E-state index contributed by atoms with van der Waals surface area (Å²) in [7, 11) is 0. The number of hydrogen-bond donors (Lipinski definition) is 1. The van der Waals surface area contributed by atoms with Crippen LogP contribution >= 0.6 is 11.8 Å². The van der Waals surface area contributed by atoms with Gasteiger partial charge in [-0.3, -0.25) is 9.48 Å². The molecule has 2 rings (SSSR count). The van der Waals surface area contributed by atoms with Gasteiger partial charge in [0.15, 0.2) is 0 Å². The third-order valence-corrected chi connectivity index (χ3v) is 5.36. The van der Waals surface area contributed by atoms with E-state index in [-0.39, 0.29) is 5.91 Å². The Kier molecular flexibility index (Phi) is 5.73. The summed E-state index contributed by atoms with van der Waals surface area (Å²) < 4.78 is 1.94. The second-order valence-corrected chi connectivity index (χ2v) is 7.74. The van der Waals surface area contributed by atoms with Gasteiger partial charge >= 0.3 is 0 Å². The van der Waals surface area contributed by atoms with Gasteiger partial charge in [-0.15, -0.1) is 0 Å². The first-order valence-corrected chi connectivity index (χ1v) is 9.02. The number of nitrogens with zero attached hydrogens (tertiary/aromatic N) is 2. The molecule has 0 spiro atoms. The maximum atomic E-state index is 12.5. The van der Waals surface area contributed by atoms with Gasteiger partial charge in [-0.05, 0) is 31.4 Å². The van der Waals surface area contributed by atoms with Crippen LogP contribution in [0.5, 0.6) is 0 Å². The van der Waals surface area contributed by atoms with Gasteiger partial charge in [0.05, 0.1) is 11.8 Å². The van der Waals surface area contributed by atoms with Crippen LogP contribution in [0.4, 0.5) is 0 Å². The highest BCUT2D eigenvalue weighted by Crippen LogP contribution is 2.30. The number of aromatic nitrogens is 2. The van der Waals surface area contributed by atoms with E-state index in [1.165, 1.54) is 12.8 Å². The smallest absolute Gasteiger partial charge is 0.254 e. The molecule has 4 nitrogen and oxygen atoms in total. The Morgan fingerprint density at radius 3 is 2.95 bits per heavy atom. The summed E-state index contributed by atoms with van der Waals surface area (Å²) in [5, 5.41) is 8.16. The lowest BCUT2D eigenvalue weighted by molar-refractivity contribution is 0.0938. The number of thioether (sulfide) groups is 1. The maximum Gasteiger partial charge on any atom is 0.254 e. The van der Waals surface area contributed by atoms with E-state index in [4.69, 9.17) is 0 Å². The predicted octanol–water partition coefficient (Wildman–Crippen LogP) is 3.25. The first-order valence-electron chi connectivity index (χ1n) is 7.97.